The van der Waals surface area contributed by atoms with E-state index in [1.165, 1.54) is 18.4 Å². The van der Waals surface area contributed by atoms with Crippen molar-refractivity contribution in [2.75, 3.05) is 7.11 Å². The normalized spacial score (nSPS) is 11.4. The van der Waals surface area contributed by atoms with Crippen LogP contribution in [0.15, 0.2) is 33.2 Å². The quantitative estimate of drug-likeness (QED) is 0.395. The first kappa shape index (κ1) is 14.1. The van der Waals surface area contributed by atoms with Gasteiger partial charge < -0.3 is 19.7 Å². The van der Waals surface area contributed by atoms with Gasteiger partial charge in [-0.15, -0.1) is 11.3 Å². The second-order valence-corrected chi connectivity index (χ2v) is 4.89. The number of nitrogens with two attached hydrogens (primary N) is 1. The molecule has 7 heteroatoms. The number of rotatable bonds is 5. The lowest BCUT2D eigenvalue weighted by molar-refractivity contribution is 0.0552. The highest BCUT2D eigenvalue weighted by Crippen LogP contribution is 2.16. The fraction of sp³-hybridized carbons (Fsp3) is 0.231. The topological polar surface area (TPSA) is 87.0 Å². The number of esters is 1. The molecule has 0 radical (unpaired) electrons. The molecular weight excluding hydrogens is 280 g/mol. The van der Waals surface area contributed by atoms with E-state index in [0.717, 1.165) is 4.88 Å². The van der Waals surface area contributed by atoms with Gasteiger partial charge in [-0.3, -0.25) is 0 Å². The molecule has 0 spiro atoms. The van der Waals surface area contributed by atoms with Crippen LogP contribution in [0.1, 0.15) is 26.8 Å². The van der Waals surface area contributed by atoms with Crippen molar-refractivity contribution >= 4 is 23.1 Å². The van der Waals surface area contributed by atoms with Crippen LogP contribution in [0.4, 0.5) is 0 Å². The van der Waals surface area contributed by atoms with E-state index in [2.05, 4.69) is 9.89 Å². The molecule has 0 bridgehead atoms. The standard InChI is InChI=1S/C13H14N2O4S/c1-8-6-9(19-11(8)13(16)17-2)7-18-15-12(14)10-4-3-5-20-10/h3-6H,7H2,1-2H3,(H2,14,15). The molecule has 0 saturated heterocycles. The Balaban J connectivity index is 1.98. The first-order valence-electron chi connectivity index (χ1n) is 5.78. The van der Waals surface area contributed by atoms with E-state index >= 15 is 0 Å². The van der Waals surface area contributed by atoms with Gasteiger partial charge >= 0.3 is 5.97 Å². The minimum Gasteiger partial charge on any atom is -0.463 e. The number of hydrogen-bond acceptors (Lipinski definition) is 6. The van der Waals surface area contributed by atoms with Gasteiger partial charge in [0, 0.05) is 5.56 Å². The van der Waals surface area contributed by atoms with E-state index < -0.39 is 5.97 Å². The summed E-state index contributed by atoms with van der Waals surface area (Å²) in [4.78, 5) is 17.3. The van der Waals surface area contributed by atoms with Gasteiger partial charge in [0.05, 0.1) is 12.0 Å². The van der Waals surface area contributed by atoms with Crippen molar-refractivity contribution in [2.24, 2.45) is 10.9 Å². The second kappa shape index (κ2) is 6.25. The molecule has 0 unspecified atom stereocenters. The van der Waals surface area contributed by atoms with Crippen molar-refractivity contribution in [1.29, 1.82) is 0 Å². The number of amidine groups is 1. The molecule has 2 rings (SSSR count). The fourth-order valence-electron chi connectivity index (χ4n) is 1.55. The second-order valence-electron chi connectivity index (χ2n) is 3.94. The maximum absolute atomic E-state index is 11.4. The minimum atomic E-state index is -0.518. The monoisotopic (exact) mass is 294 g/mol. The van der Waals surface area contributed by atoms with Gasteiger partial charge in [0.2, 0.25) is 5.76 Å². The average molecular weight is 294 g/mol. The summed E-state index contributed by atoms with van der Waals surface area (Å²) >= 11 is 1.47. The van der Waals surface area contributed by atoms with Crippen LogP contribution in [-0.4, -0.2) is 18.9 Å². The van der Waals surface area contributed by atoms with Crippen molar-refractivity contribution in [3.05, 3.63) is 45.5 Å². The highest BCUT2D eigenvalue weighted by atomic mass is 32.1. The Morgan fingerprint density at radius 2 is 2.35 bits per heavy atom. The molecule has 2 heterocycles. The van der Waals surface area contributed by atoms with Crippen LogP contribution in [0, 0.1) is 6.92 Å². The molecule has 2 aromatic rings. The van der Waals surface area contributed by atoms with Crippen molar-refractivity contribution in [3.63, 3.8) is 0 Å². The molecule has 20 heavy (non-hydrogen) atoms. The van der Waals surface area contributed by atoms with E-state index in [-0.39, 0.29) is 12.4 Å². The van der Waals surface area contributed by atoms with Crippen LogP contribution < -0.4 is 5.73 Å². The Kier molecular flexibility index (Phi) is 4.41. The van der Waals surface area contributed by atoms with Crippen LogP contribution in [0.2, 0.25) is 0 Å². The SMILES string of the molecule is COC(=O)c1oc(CO/N=C(/N)c2cccs2)cc1C. The zero-order chi connectivity index (χ0) is 14.5. The summed E-state index contributed by atoms with van der Waals surface area (Å²) in [5.41, 5.74) is 6.42. The van der Waals surface area contributed by atoms with Crippen LogP contribution in [0.25, 0.3) is 0 Å². The number of nitrogens with zero attached hydrogens (tertiary/aromatic N) is 1. The Labute approximate surface area is 119 Å². The van der Waals surface area contributed by atoms with Crippen molar-refractivity contribution in [1.82, 2.24) is 0 Å². The third kappa shape index (κ3) is 3.18. The molecule has 0 aliphatic rings. The third-order valence-corrected chi connectivity index (χ3v) is 3.38. The minimum absolute atomic E-state index is 0.0872. The summed E-state index contributed by atoms with van der Waals surface area (Å²) in [5, 5.41) is 5.69. The molecular formula is C13H14N2O4S. The molecule has 6 nitrogen and oxygen atoms in total. The summed E-state index contributed by atoms with van der Waals surface area (Å²) in [7, 11) is 1.30. The van der Waals surface area contributed by atoms with E-state index in [0.29, 0.717) is 17.2 Å². The van der Waals surface area contributed by atoms with E-state index in [4.69, 9.17) is 15.0 Å². The van der Waals surface area contributed by atoms with Crippen LogP contribution in [-0.2, 0) is 16.2 Å². The summed E-state index contributed by atoms with van der Waals surface area (Å²) in [5.74, 6) is 0.429. The van der Waals surface area contributed by atoms with Gasteiger partial charge in [-0.05, 0) is 24.4 Å². The summed E-state index contributed by atoms with van der Waals surface area (Å²) in [6.07, 6.45) is 0. The highest BCUT2D eigenvalue weighted by molar-refractivity contribution is 7.12. The van der Waals surface area contributed by atoms with Crippen LogP contribution in [0.3, 0.4) is 0 Å². The molecule has 0 atom stereocenters. The maximum atomic E-state index is 11.4. The number of thiophene rings is 1. The molecule has 0 saturated carbocycles. The predicted molar refractivity (Wildman–Crippen MR) is 74.6 cm³/mol. The van der Waals surface area contributed by atoms with Crippen molar-refractivity contribution in [2.45, 2.75) is 13.5 Å². The maximum Gasteiger partial charge on any atom is 0.374 e. The largest absolute Gasteiger partial charge is 0.463 e. The van der Waals surface area contributed by atoms with Gasteiger partial charge in [0.25, 0.3) is 0 Å². The lowest BCUT2D eigenvalue weighted by Gasteiger charge is -1.98. The lowest BCUT2D eigenvalue weighted by Crippen LogP contribution is -2.11. The highest BCUT2D eigenvalue weighted by Gasteiger charge is 2.16. The summed E-state index contributed by atoms with van der Waals surface area (Å²) in [6, 6.07) is 5.42. The molecule has 2 N–H and O–H groups in total. The Bertz CT molecular complexity index is 616. The molecule has 0 aliphatic heterocycles. The van der Waals surface area contributed by atoms with Crippen molar-refractivity contribution < 1.29 is 18.8 Å². The zero-order valence-corrected chi connectivity index (χ0v) is 11.9. The number of ether oxygens (including phenoxy) is 1. The smallest absolute Gasteiger partial charge is 0.374 e. The Morgan fingerprint density at radius 3 is 3.00 bits per heavy atom. The van der Waals surface area contributed by atoms with Gasteiger partial charge in [-0.2, -0.15) is 0 Å². The van der Waals surface area contributed by atoms with Crippen LogP contribution in [0.5, 0.6) is 0 Å². The number of aryl methyl sites for hydroxylation is 1. The van der Waals surface area contributed by atoms with Gasteiger partial charge in [-0.25, -0.2) is 4.79 Å². The van der Waals surface area contributed by atoms with Gasteiger partial charge in [0.15, 0.2) is 12.4 Å². The number of carbonyl (C=O) groups is 1. The van der Waals surface area contributed by atoms with Gasteiger partial charge in [0.1, 0.15) is 5.76 Å². The fourth-order valence-corrected chi connectivity index (χ4v) is 2.17. The zero-order valence-electron chi connectivity index (χ0n) is 11.1. The molecule has 0 aromatic carbocycles. The van der Waals surface area contributed by atoms with Crippen LogP contribution >= 0.6 is 11.3 Å². The Morgan fingerprint density at radius 1 is 1.55 bits per heavy atom. The first-order valence-corrected chi connectivity index (χ1v) is 6.66. The third-order valence-electron chi connectivity index (χ3n) is 2.48. The predicted octanol–water partition coefficient (Wildman–Crippen LogP) is 2.27. The average Bonchev–Trinajstić information content (AvgIpc) is 3.07. The molecule has 106 valence electrons. The number of oxime groups is 1. The molecule has 0 amide bonds. The molecule has 0 aliphatic carbocycles. The van der Waals surface area contributed by atoms with E-state index in [9.17, 15) is 4.79 Å². The van der Waals surface area contributed by atoms with Gasteiger partial charge in [-0.1, -0.05) is 11.2 Å². The number of hydrogen-bond donors (Lipinski definition) is 1. The Hall–Kier alpha value is -2.28. The summed E-state index contributed by atoms with van der Waals surface area (Å²) < 4.78 is 9.94. The number of methoxy groups -OCH3 is 1. The van der Waals surface area contributed by atoms with E-state index in [1.54, 1.807) is 13.0 Å². The number of carbonyl (C=O) groups excluding carboxylic acids is 1. The number of furan rings is 1. The molecule has 0 fully saturated rings. The van der Waals surface area contributed by atoms with E-state index in [1.807, 2.05) is 17.5 Å². The first-order chi connectivity index (χ1) is 9.61. The van der Waals surface area contributed by atoms with Crippen molar-refractivity contribution in [3.8, 4) is 0 Å². The lowest BCUT2D eigenvalue weighted by atomic mass is 10.3. The summed E-state index contributed by atoms with van der Waals surface area (Å²) in [6.45, 7) is 1.84. The molecule has 2 aromatic heterocycles.